The van der Waals surface area contributed by atoms with E-state index in [0.29, 0.717) is 16.9 Å². The second-order valence-corrected chi connectivity index (χ2v) is 4.07. The molecule has 0 fully saturated rings. The van der Waals surface area contributed by atoms with Crippen molar-refractivity contribution in [2.75, 3.05) is 7.11 Å². The minimum absolute atomic E-state index is 0.603. The highest BCUT2D eigenvalue weighted by Gasteiger charge is 2.16. The number of hydrogen-bond acceptors (Lipinski definition) is 5. The Balaban J connectivity index is 2.05. The van der Waals surface area contributed by atoms with E-state index >= 15 is 0 Å². The summed E-state index contributed by atoms with van der Waals surface area (Å²) in [6.07, 6.45) is 9.05. The summed E-state index contributed by atoms with van der Waals surface area (Å²) in [5, 5.41) is 14.6. The first-order valence-corrected chi connectivity index (χ1v) is 5.74. The fourth-order valence-corrected chi connectivity index (χ4v) is 1.94. The lowest BCUT2D eigenvalue weighted by molar-refractivity contribution is 0.220. The Kier molecular flexibility index (Phi) is 2.85. The van der Waals surface area contributed by atoms with Crippen LogP contribution in [0.5, 0.6) is 5.75 Å². The van der Waals surface area contributed by atoms with Gasteiger partial charge in [-0.25, -0.2) is 4.52 Å². The number of ether oxygens (including phenoxy) is 1. The Hall–Kier alpha value is -2.47. The van der Waals surface area contributed by atoms with Gasteiger partial charge in [0.25, 0.3) is 0 Å². The van der Waals surface area contributed by atoms with Crippen LogP contribution in [0.2, 0.25) is 0 Å². The van der Waals surface area contributed by atoms with Crippen molar-refractivity contribution in [1.29, 1.82) is 0 Å². The number of nitrogens with zero attached hydrogens (tertiary/aromatic N) is 4. The van der Waals surface area contributed by atoms with Crippen molar-refractivity contribution in [2.45, 2.75) is 6.10 Å². The van der Waals surface area contributed by atoms with Crippen molar-refractivity contribution in [3.8, 4) is 5.75 Å². The standard InChI is InChI=1S/C13H12N4O2/c1-19-10-4-9(5-15-6-10)13(18)11-7-16-17-3-2-14-8-12(11)17/h2-8,13,18H,1H3. The summed E-state index contributed by atoms with van der Waals surface area (Å²) in [6.45, 7) is 0. The molecule has 0 saturated heterocycles. The van der Waals surface area contributed by atoms with Crippen molar-refractivity contribution in [1.82, 2.24) is 19.6 Å². The Labute approximate surface area is 109 Å². The van der Waals surface area contributed by atoms with Crippen LogP contribution in [0.15, 0.2) is 43.2 Å². The highest BCUT2D eigenvalue weighted by molar-refractivity contribution is 5.54. The topological polar surface area (TPSA) is 72.5 Å². The molecule has 6 nitrogen and oxygen atoms in total. The highest BCUT2D eigenvalue weighted by Crippen LogP contribution is 2.26. The maximum Gasteiger partial charge on any atom is 0.137 e. The van der Waals surface area contributed by atoms with E-state index in [1.807, 2.05) is 0 Å². The Bertz CT molecular complexity index is 710. The van der Waals surface area contributed by atoms with Crippen molar-refractivity contribution in [3.63, 3.8) is 0 Å². The molecule has 1 N–H and O–H groups in total. The molecule has 0 aliphatic heterocycles. The van der Waals surface area contributed by atoms with Gasteiger partial charge in [0.1, 0.15) is 11.9 Å². The van der Waals surface area contributed by atoms with Gasteiger partial charge in [-0.2, -0.15) is 5.10 Å². The summed E-state index contributed by atoms with van der Waals surface area (Å²) in [4.78, 5) is 8.08. The number of pyridine rings is 1. The average Bonchev–Trinajstić information content (AvgIpc) is 2.90. The fraction of sp³-hybridized carbons (Fsp3) is 0.154. The first-order chi connectivity index (χ1) is 9.29. The van der Waals surface area contributed by atoms with Gasteiger partial charge in [-0.3, -0.25) is 9.97 Å². The van der Waals surface area contributed by atoms with Crippen LogP contribution in [0.3, 0.4) is 0 Å². The van der Waals surface area contributed by atoms with E-state index in [1.54, 1.807) is 54.9 Å². The Morgan fingerprint density at radius 3 is 2.95 bits per heavy atom. The first kappa shape index (κ1) is 11.6. The number of aliphatic hydroxyl groups is 1. The molecule has 1 atom stereocenters. The van der Waals surface area contributed by atoms with Crippen LogP contribution in [-0.2, 0) is 0 Å². The quantitative estimate of drug-likeness (QED) is 0.762. The maximum atomic E-state index is 10.4. The number of fused-ring (bicyclic) bond motifs is 1. The lowest BCUT2D eigenvalue weighted by Gasteiger charge is -2.10. The lowest BCUT2D eigenvalue weighted by Crippen LogP contribution is -2.01. The third kappa shape index (κ3) is 2.02. The predicted molar refractivity (Wildman–Crippen MR) is 67.8 cm³/mol. The second kappa shape index (κ2) is 4.66. The molecule has 0 saturated carbocycles. The molecule has 3 aromatic heterocycles. The Morgan fingerprint density at radius 1 is 1.21 bits per heavy atom. The van der Waals surface area contributed by atoms with Crippen molar-refractivity contribution < 1.29 is 9.84 Å². The SMILES string of the molecule is COc1cncc(C(O)c2cnn3ccncc23)c1. The summed E-state index contributed by atoms with van der Waals surface area (Å²) in [7, 11) is 1.56. The maximum absolute atomic E-state index is 10.4. The van der Waals surface area contributed by atoms with Crippen LogP contribution in [0.1, 0.15) is 17.2 Å². The molecule has 0 spiro atoms. The van der Waals surface area contributed by atoms with Crippen LogP contribution in [0.25, 0.3) is 5.52 Å². The number of hydrogen-bond donors (Lipinski definition) is 1. The van der Waals surface area contributed by atoms with Crippen molar-refractivity contribution in [3.05, 3.63) is 54.4 Å². The van der Waals surface area contributed by atoms with Gasteiger partial charge >= 0.3 is 0 Å². The van der Waals surface area contributed by atoms with E-state index in [4.69, 9.17) is 4.74 Å². The summed E-state index contributed by atoms with van der Waals surface area (Å²) in [5.74, 6) is 0.603. The lowest BCUT2D eigenvalue weighted by atomic mass is 10.1. The molecule has 0 aliphatic carbocycles. The van der Waals surface area contributed by atoms with E-state index in [-0.39, 0.29) is 0 Å². The van der Waals surface area contributed by atoms with E-state index in [9.17, 15) is 5.11 Å². The second-order valence-electron chi connectivity index (χ2n) is 4.07. The Morgan fingerprint density at radius 2 is 2.11 bits per heavy atom. The average molecular weight is 256 g/mol. The molecule has 96 valence electrons. The summed E-state index contributed by atoms with van der Waals surface area (Å²) in [6, 6.07) is 1.75. The van der Waals surface area contributed by atoms with Crippen LogP contribution in [-0.4, -0.2) is 31.8 Å². The van der Waals surface area contributed by atoms with E-state index < -0.39 is 6.10 Å². The monoisotopic (exact) mass is 256 g/mol. The molecule has 3 rings (SSSR count). The van der Waals surface area contributed by atoms with Crippen molar-refractivity contribution in [2.24, 2.45) is 0 Å². The molecule has 3 aromatic rings. The first-order valence-electron chi connectivity index (χ1n) is 5.74. The van der Waals surface area contributed by atoms with Gasteiger partial charge in [0, 0.05) is 29.7 Å². The molecule has 0 amide bonds. The predicted octanol–water partition coefficient (Wildman–Crippen LogP) is 1.21. The summed E-state index contributed by atoms with van der Waals surface area (Å²) < 4.78 is 6.77. The molecular formula is C13H12N4O2. The van der Waals surface area contributed by atoms with Gasteiger partial charge in [0.05, 0.1) is 31.2 Å². The smallest absolute Gasteiger partial charge is 0.137 e. The van der Waals surface area contributed by atoms with Gasteiger partial charge in [-0.15, -0.1) is 0 Å². The third-order valence-electron chi connectivity index (χ3n) is 2.93. The van der Waals surface area contributed by atoms with Gasteiger partial charge in [0.15, 0.2) is 0 Å². The minimum Gasteiger partial charge on any atom is -0.495 e. The number of rotatable bonds is 3. The van der Waals surface area contributed by atoms with Crippen LogP contribution < -0.4 is 4.74 Å². The van der Waals surface area contributed by atoms with E-state index in [1.165, 1.54) is 0 Å². The molecular weight excluding hydrogens is 244 g/mol. The summed E-state index contributed by atoms with van der Waals surface area (Å²) in [5.41, 5.74) is 2.10. The zero-order valence-corrected chi connectivity index (χ0v) is 10.3. The van der Waals surface area contributed by atoms with Crippen LogP contribution >= 0.6 is 0 Å². The molecule has 1 unspecified atom stereocenters. The van der Waals surface area contributed by atoms with E-state index in [0.717, 1.165) is 5.52 Å². The largest absolute Gasteiger partial charge is 0.495 e. The number of aliphatic hydroxyl groups excluding tert-OH is 1. The van der Waals surface area contributed by atoms with Crippen molar-refractivity contribution >= 4 is 5.52 Å². The van der Waals surface area contributed by atoms with Gasteiger partial charge < -0.3 is 9.84 Å². The molecule has 19 heavy (non-hydrogen) atoms. The summed E-state index contributed by atoms with van der Waals surface area (Å²) >= 11 is 0. The molecule has 6 heteroatoms. The van der Waals surface area contributed by atoms with Gasteiger partial charge in [0.2, 0.25) is 0 Å². The van der Waals surface area contributed by atoms with Gasteiger partial charge in [-0.05, 0) is 6.07 Å². The zero-order valence-electron chi connectivity index (χ0n) is 10.3. The fourth-order valence-electron chi connectivity index (χ4n) is 1.94. The van der Waals surface area contributed by atoms with Gasteiger partial charge in [-0.1, -0.05) is 0 Å². The molecule has 0 radical (unpaired) electrons. The zero-order chi connectivity index (χ0) is 13.2. The van der Waals surface area contributed by atoms with E-state index in [2.05, 4.69) is 15.1 Å². The number of methoxy groups -OCH3 is 1. The normalized spacial score (nSPS) is 12.5. The molecule has 0 aliphatic rings. The molecule has 0 aromatic carbocycles. The van der Waals surface area contributed by atoms with Crippen LogP contribution in [0.4, 0.5) is 0 Å². The minimum atomic E-state index is -0.815. The highest BCUT2D eigenvalue weighted by atomic mass is 16.5. The molecule has 0 bridgehead atoms. The molecule has 3 heterocycles. The van der Waals surface area contributed by atoms with Crippen LogP contribution in [0, 0.1) is 0 Å². The number of aromatic nitrogens is 4. The third-order valence-corrected chi connectivity index (χ3v) is 2.93.